The molecule has 9 nitrogen and oxygen atoms in total. The van der Waals surface area contributed by atoms with Crippen LogP contribution in [0, 0.1) is 0 Å². The molecule has 1 fully saturated rings. The van der Waals surface area contributed by atoms with Gasteiger partial charge in [-0.3, -0.25) is 0 Å². The van der Waals surface area contributed by atoms with E-state index in [1.807, 2.05) is 18.2 Å². The number of nitrogen functional groups attached to an aromatic ring is 2. The van der Waals surface area contributed by atoms with Crippen LogP contribution < -0.4 is 11.5 Å². The van der Waals surface area contributed by atoms with E-state index in [0.29, 0.717) is 34.7 Å². The third kappa shape index (κ3) is 3.45. The Hall–Kier alpha value is -2.98. The van der Waals surface area contributed by atoms with Gasteiger partial charge in [-0.05, 0) is 36.6 Å². The van der Waals surface area contributed by atoms with Gasteiger partial charge in [0.25, 0.3) is 0 Å². The van der Waals surface area contributed by atoms with Gasteiger partial charge in [0.15, 0.2) is 6.23 Å². The molecule has 1 aliphatic heterocycles. The molecular weight excluding hydrogens is 420 g/mol. The number of nitrogens with two attached hydrogens (primary N) is 2. The Bertz CT molecular complexity index is 1280. The molecule has 0 spiro atoms. The normalized spacial score (nSPS) is 23.7. The summed E-state index contributed by atoms with van der Waals surface area (Å²) in [5, 5.41) is 23.2. The molecule has 0 radical (unpaired) electrons. The minimum absolute atomic E-state index is 0.287. The third-order valence-corrected chi connectivity index (χ3v) is 6.03. The van der Waals surface area contributed by atoms with Gasteiger partial charge in [-0.1, -0.05) is 23.7 Å². The van der Waals surface area contributed by atoms with Crippen LogP contribution in [0.5, 0.6) is 0 Å². The topological polar surface area (TPSA) is 145 Å². The lowest BCUT2D eigenvalue weighted by Crippen LogP contribution is -2.31. The van der Waals surface area contributed by atoms with Crippen molar-refractivity contribution in [2.24, 2.45) is 0 Å². The van der Waals surface area contributed by atoms with Crippen LogP contribution in [0.3, 0.4) is 0 Å². The first kappa shape index (κ1) is 20.0. The molecule has 31 heavy (non-hydrogen) atoms. The summed E-state index contributed by atoms with van der Waals surface area (Å²) in [6.45, 7) is 0. The van der Waals surface area contributed by atoms with Gasteiger partial charge in [0.2, 0.25) is 0 Å². The lowest BCUT2D eigenvalue weighted by atomic mass is 10.0. The molecule has 0 aliphatic carbocycles. The fourth-order valence-electron chi connectivity index (χ4n) is 4.06. The molecule has 10 heteroatoms. The van der Waals surface area contributed by atoms with Crippen LogP contribution in [0.25, 0.3) is 21.9 Å². The molecule has 0 saturated carbocycles. The Kier molecular flexibility index (Phi) is 4.90. The van der Waals surface area contributed by atoms with E-state index < -0.39 is 24.5 Å². The summed E-state index contributed by atoms with van der Waals surface area (Å²) < 4.78 is 7.71. The zero-order chi connectivity index (χ0) is 21.7. The van der Waals surface area contributed by atoms with E-state index >= 15 is 0 Å². The average Bonchev–Trinajstić information content (AvgIpc) is 3.30. The van der Waals surface area contributed by atoms with Crippen molar-refractivity contribution in [3.63, 3.8) is 0 Å². The Balaban J connectivity index is 1.34. The van der Waals surface area contributed by atoms with Crippen LogP contribution in [-0.2, 0) is 11.2 Å². The fraction of sp³-hybridized carbons (Fsp3) is 0.286. The number of aliphatic hydroxyl groups excluding tert-OH is 2. The number of hydrogen-bond acceptors (Lipinski definition) is 8. The molecular formula is C21H21ClN6O3. The van der Waals surface area contributed by atoms with Crippen molar-refractivity contribution in [3.8, 4) is 0 Å². The van der Waals surface area contributed by atoms with Gasteiger partial charge in [-0.25, -0.2) is 15.0 Å². The fourth-order valence-corrected chi connectivity index (χ4v) is 4.22. The summed E-state index contributed by atoms with van der Waals surface area (Å²) >= 11 is 6.03. The van der Waals surface area contributed by atoms with Crippen molar-refractivity contribution in [3.05, 3.63) is 53.4 Å². The van der Waals surface area contributed by atoms with E-state index in [1.54, 1.807) is 22.9 Å². The molecule has 3 aromatic heterocycles. The highest BCUT2D eigenvalue weighted by Crippen LogP contribution is 2.34. The number of fused-ring (bicyclic) bond motifs is 2. The largest absolute Gasteiger partial charge is 0.388 e. The summed E-state index contributed by atoms with van der Waals surface area (Å²) in [5.74, 6) is 0.635. The second-order valence-corrected chi connectivity index (χ2v) is 8.09. The maximum Gasteiger partial charge on any atom is 0.164 e. The molecule has 4 atom stereocenters. The highest BCUT2D eigenvalue weighted by atomic mass is 35.5. The lowest BCUT2D eigenvalue weighted by molar-refractivity contribution is -0.0364. The maximum absolute atomic E-state index is 10.6. The molecule has 5 rings (SSSR count). The second kappa shape index (κ2) is 7.61. The summed E-state index contributed by atoms with van der Waals surface area (Å²) in [5.41, 5.74) is 14.0. The van der Waals surface area contributed by atoms with Crippen molar-refractivity contribution in [2.45, 2.75) is 37.4 Å². The minimum atomic E-state index is -1.10. The monoisotopic (exact) mass is 440 g/mol. The summed E-state index contributed by atoms with van der Waals surface area (Å²) in [6.07, 6.45) is 0.775. The highest BCUT2D eigenvalue weighted by molar-refractivity contribution is 6.33. The molecule has 0 unspecified atom stereocenters. The molecule has 160 valence electrons. The Morgan fingerprint density at radius 3 is 2.74 bits per heavy atom. The van der Waals surface area contributed by atoms with Crippen molar-refractivity contribution < 1.29 is 14.9 Å². The number of nitrogens with zero attached hydrogens (tertiary/aromatic N) is 4. The molecule has 1 aliphatic rings. The predicted octanol–water partition coefficient (Wildman–Crippen LogP) is 2.05. The van der Waals surface area contributed by atoms with Crippen molar-refractivity contribution >= 4 is 45.2 Å². The Labute approximate surface area is 182 Å². The molecule has 1 saturated heterocycles. The number of rotatable bonds is 4. The number of pyridine rings is 1. The zero-order valence-electron chi connectivity index (χ0n) is 16.4. The molecule has 4 aromatic rings. The zero-order valence-corrected chi connectivity index (χ0v) is 17.1. The first-order valence-corrected chi connectivity index (χ1v) is 10.2. The van der Waals surface area contributed by atoms with Gasteiger partial charge < -0.3 is 31.0 Å². The van der Waals surface area contributed by atoms with Crippen molar-refractivity contribution in [1.82, 2.24) is 19.5 Å². The summed E-state index contributed by atoms with van der Waals surface area (Å²) in [6, 6.07) is 9.40. The van der Waals surface area contributed by atoms with E-state index in [2.05, 4.69) is 15.0 Å². The van der Waals surface area contributed by atoms with Crippen LogP contribution in [0.2, 0.25) is 5.02 Å². The SMILES string of the molecule is Nc1nc2cc(CC[C@H]3O[C@@H](n4ccc5c(N)ncnc54)[C@H](O)[C@@H]3O)ccc2cc1Cl. The Morgan fingerprint density at radius 2 is 1.90 bits per heavy atom. The smallest absolute Gasteiger partial charge is 0.164 e. The standard InChI is InChI=1S/C21H21ClN6O3/c22-13-8-11-3-1-10(7-14(11)27-19(13)24)2-4-15-16(29)17(30)21(31-15)28-6-5-12-18(23)25-9-26-20(12)28/h1,3,5-9,15-17,21,29-30H,2,4H2,(H2,24,27)(H2,23,25,26)/t15-,16-,17-,21-/m1/s1. The van der Waals surface area contributed by atoms with Gasteiger partial charge in [0.05, 0.1) is 22.0 Å². The second-order valence-electron chi connectivity index (χ2n) is 7.69. The molecule has 0 bridgehead atoms. The molecule has 0 amide bonds. The van der Waals surface area contributed by atoms with Crippen LogP contribution >= 0.6 is 11.6 Å². The van der Waals surface area contributed by atoms with E-state index in [0.717, 1.165) is 16.5 Å². The van der Waals surface area contributed by atoms with Gasteiger partial charge >= 0.3 is 0 Å². The van der Waals surface area contributed by atoms with E-state index in [4.69, 9.17) is 27.8 Å². The lowest BCUT2D eigenvalue weighted by Gasteiger charge is -2.17. The number of anilines is 2. The average molecular weight is 441 g/mol. The summed E-state index contributed by atoms with van der Waals surface area (Å²) in [4.78, 5) is 12.5. The molecule has 6 N–H and O–H groups in total. The van der Waals surface area contributed by atoms with Crippen molar-refractivity contribution in [2.75, 3.05) is 11.5 Å². The van der Waals surface area contributed by atoms with Crippen LogP contribution in [0.4, 0.5) is 11.6 Å². The molecule has 4 heterocycles. The number of benzene rings is 1. The van der Waals surface area contributed by atoms with Crippen LogP contribution in [0.15, 0.2) is 42.9 Å². The van der Waals surface area contributed by atoms with Crippen LogP contribution in [0.1, 0.15) is 18.2 Å². The predicted molar refractivity (Wildman–Crippen MR) is 117 cm³/mol. The first-order chi connectivity index (χ1) is 14.9. The number of aromatic nitrogens is 4. The third-order valence-electron chi connectivity index (χ3n) is 5.73. The minimum Gasteiger partial charge on any atom is -0.388 e. The van der Waals surface area contributed by atoms with Crippen molar-refractivity contribution in [1.29, 1.82) is 0 Å². The highest BCUT2D eigenvalue weighted by Gasteiger charge is 2.43. The molecule has 1 aromatic carbocycles. The number of halogens is 1. The van der Waals surface area contributed by atoms with Gasteiger partial charge in [-0.2, -0.15) is 0 Å². The van der Waals surface area contributed by atoms with Gasteiger partial charge in [-0.15, -0.1) is 0 Å². The van der Waals surface area contributed by atoms with Crippen LogP contribution in [-0.4, -0.2) is 48.0 Å². The Morgan fingerprint density at radius 1 is 1.06 bits per heavy atom. The number of aryl methyl sites for hydroxylation is 1. The van der Waals surface area contributed by atoms with Gasteiger partial charge in [0, 0.05) is 11.6 Å². The van der Waals surface area contributed by atoms with E-state index in [9.17, 15) is 10.2 Å². The maximum atomic E-state index is 10.6. The number of aliphatic hydroxyl groups is 2. The number of hydrogen-bond donors (Lipinski definition) is 4. The summed E-state index contributed by atoms with van der Waals surface area (Å²) in [7, 11) is 0. The van der Waals surface area contributed by atoms with E-state index in [-0.39, 0.29) is 5.82 Å². The van der Waals surface area contributed by atoms with E-state index in [1.165, 1.54) is 6.33 Å². The quantitative estimate of drug-likeness (QED) is 0.377. The van der Waals surface area contributed by atoms with Gasteiger partial charge in [0.1, 0.15) is 35.8 Å². The number of ether oxygens (including phenoxy) is 1. The first-order valence-electron chi connectivity index (χ1n) is 9.85.